The predicted molar refractivity (Wildman–Crippen MR) is 119 cm³/mol. The molecule has 31 heavy (non-hydrogen) atoms. The van der Waals surface area contributed by atoms with Gasteiger partial charge in [0.05, 0.1) is 30.9 Å². The molecule has 2 aromatic rings. The molecule has 0 amide bonds. The summed E-state index contributed by atoms with van der Waals surface area (Å²) in [5, 5.41) is 0. The first-order valence-electron chi connectivity index (χ1n) is 11.3. The average molecular weight is 424 g/mol. The van der Waals surface area contributed by atoms with E-state index in [1.165, 1.54) is 12.8 Å². The van der Waals surface area contributed by atoms with E-state index >= 15 is 0 Å². The van der Waals surface area contributed by atoms with Crippen molar-refractivity contribution >= 4 is 23.7 Å². The lowest BCUT2D eigenvalue weighted by atomic mass is 9.91. The molecule has 3 aliphatic rings. The number of aromatic nitrogens is 5. The molecule has 1 saturated heterocycles. The molecule has 0 aromatic carbocycles. The maximum Gasteiger partial charge on any atom is 0.236 e. The Morgan fingerprint density at radius 3 is 2.55 bits per heavy atom. The number of nitrogen functional groups attached to an aromatic ring is 1. The van der Waals surface area contributed by atoms with Crippen LogP contribution in [-0.2, 0) is 4.74 Å². The van der Waals surface area contributed by atoms with Gasteiger partial charge in [-0.1, -0.05) is 19.8 Å². The first-order valence-corrected chi connectivity index (χ1v) is 11.3. The van der Waals surface area contributed by atoms with Gasteiger partial charge in [-0.3, -0.25) is 9.89 Å². The van der Waals surface area contributed by atoms with Crippen molar-refractivity contribution in [2.45, 2.75) is 57.5 Å². The largest absolute Gasteiger partial charge is 0.378 e. The van der Waals surface area contributed by atoms with Gasteiger partial charge < -0.3 is 15.4 Å². The fourth-order valence-corrected chi connectivity index (χ4v) is 4.61. The third-order valence-corrected chi connectivity index (χ3v) is 6.14. The highest BCUT2D eigenvalue weighted by Gasteiger charge is 2.39. The van der Waals surface area contributed by atoms with Crippen LogP contribution < -0.4 is 15.5 Å². The Labute approximate surface area is 182 Å². The van der Waals surface area contributed by atoms with Crippen LogP contribution in [0.25, 0.3) is 11.4 Å². The van der Waals surface area contributed by atoms with Crippen LogP contribution in [0.5, 0.6) is 0 Å². The van der Waals surface area contributed by atoms with Gasteiger partial charge >= 0.3 is 0 Å². The Balaban J connectivity index is 1.58. The van der Waals surface area contributed by atoms with Crippen molar-refractivity contribution < 1.29 is 4.74 Å². The second-order valence-corrected chi connectivity index (χ2v) is 8.27. The van der Waals surface area contributed by atoms with E-state index in [-0.39, 0.29) is 5.95 Å². The number of rotatable bonds is 5. The predicted octanol–water partition coefficient (Wildman–Crippen LogP) is 2.08. The van der Waals surface area contributed by atoms with E-state index in [4.69, 9.17) is 30.4 Å². The third-order valence-electron chi connectivity index (χ3n) is 6.14. The number of aliphatic imine (C=N–C) groups is 1. The van der Waals surface area contributed by atoms with Crippen LogP contribution >= 0.6 is 0 Å². The van der Waals surface area contributed by atoms with Gasteiger partial charge in [-0.2, -0.15) is 15.0 Å². The highest BCUT2D eigenvalue weighted by atomic mass is 16.5. The second-order valence-electron chi connectivity index (χ2n) is 8.27. The summed E-state index contributed by atoms with van der Waals surface area (Å²) in [5.74, 6) is 3.22. The maximum absolute atomic E-state index is 5.68. The molecule has 2 N–H and O–H groups in total. The fraction of sp³-hybridized carbons (Fsp3) is 0.619. The number of nitrogens with two attached hydrogens (primary N) is 1. The van der Waals surface area contributed by atoms with Crippen LogP contribution in [0.2, 0.25) is 0 Å². The number of anilines is 3. The molecule has 2 fully saturated rings. The van der Waals surface area contributed by atoms with E-state index in [9.17, 15) is 0 Å². The fourth-order valence-electron chi connectivity index (χ4n) is 4.61. The number of nitrogens with zero attached hydrogens (tertiary/aromatic N) is 8. The van der Waals surface area contributed by atoms with E-state index in [0.29, 0.717) is 43.0 Å². The van der Waals surface area contributed by atoms with Crippen molar-refractivity contribution in [1.29, 1.82) is 0 Å². The summed E-state index contributed by atoms with van der Waals surface area (Å²) in [5.41, 5.74) is 6.41. The molecular weight excluding hydrogens is 394 g/mol. The summed E-state index contributed by atoms with van der Waals surface area (Å²) in [6, 6.07) is 0.660. The van der Waals surface area contributed by atoms with Crippen LogP contribution in [0.1, 0.15) is 45.4 Å². The number of amidine groups is 1. The van der Waals surface area contributed by atoms with Gasteiger partial charge in [0, 0.05) is 31.9 Å². The molecule has 164 valence electrons. The molecular formula is C21H29N9O. The summed E-state index contributed by atoms with van der Waals surface area (Å²) in [7, 11) is 0. The number of morpholine rings is 1. The van der Waals surface area contributed by atoms with Crippen LogP contribution in [0.4, 0.5) is 17.8 Å². The summed E-state index contributed by atoms with van der Waals surface area (Å²) in [6.07, 6.45) is 9.99. The summed E-state index contributed by atoms with van der Waals surface area (Å²) < 4.78 is 5.52. The van der Waals surface area contributed by atoms with Crippen molar-refractivity contribution in [2.24, 2.45) is 4.99 Å². The highest BCUT2D eigenvalue weighted by molar-refractivity contribution is 5.99. The Morgan fingerprint density at radius 1 is 1.03 bits per heavy atom. The Morgan fingerprint density at radius 2 is 1.77 bits per heavy atom. The topological polar surface area (TPSA) is 119 Å². The number of ether oxygens (including phenoxy) is 1. The molecule has 4 heterocycles. The molecule has 0 spiro atoms. The zero-order chi connectivity index (χ0) is 21.2. The molecule has 1 aliphatic carbocycles. The van der Waals surface area contributed by atoms with E-state index < -0.39 is 0 Å². The van der Waals surface area contributed by atoms with Gasteiger partial charge in [0.15, 0.2) is 5.82 Å². The van der Waals surface area contributed by atoms with Crippen molar-refractivity contribution in [1.82, 2.24) is 24.9 Å². The van der Waals surface area contributed by atoms with Crippen LogP contribution in [0.15, 0.2) is 17.4 Å². The van der Waals surface area contributed by atoms with E-state index in [1.807, 2.05) is 0 Å². The lowest BCUT2D eigenvalue weighted by molar-refractivity contribution is 0.122. The highest BCUT2D eigenvalue weighted by Crippen LogP contribution is 2.35. The van der Waals surface area contributed by atoms with Gasteiger partial charge in [-0.15, -0.1) is 0 Å². The Bertz CT molecular complexity index is 942. The maximum atomic E-state index is 5.68. The van der Waals surface area contributed by atoms with Crippen molar-refractivity contribution in [3.63, 3.8) is 0 Å². The van der Waals surface area contributed by atoms with Crippen molar-refractivity contribution in [2.75, 3.05) is 41.8 Å². The van der Waals surface area contributed by atoms with Crippen LogP contribution in [0.3, 0.4) is 0 Å². The minimum atomic E-state index is 0.230. The SMILES string of the molecule is CCCC1=NC2CCCCC2N1c1nc(-c2cnc(N)nc2)nc(N2CCOCC2)n1. The van der Waals surface area contributed by atoms with Gasteiger partial charge in [0.2, 0.25) is 17.8 Å². The quantitative estimate of drug-likeness (QED) is 0.771. The lowest BCUT2D eigenvalue weighted by Gasteiger charge is -2.33. The summed E-state index contributed by atoms with van der Waals surface area (Å²) >= 11 is 0. The smallest absolute Gasteiger partial charge is 0.236 e. The van der Waals surface area contributed by atoms with Gasteiger partial charge in [0.1, 0.15) is 5.84 Å². The van der Waals surface area contributed by atoms with Crippen molar-refractivity contribution in [3.8, 4) is 11.4 Å². The van der Waals surface area contributed by atoms with E-state index in [0.717, 1.165) is 50.2 Å². The molecule has 0 bridgehead atoms. The van der Waals surface area contributed by atoms with Gasteiger partial charge in [-0.05, 0) is 19.3 Å². The summed E-state index contributed by atoms with van der Waals surface area (Å²) in [6.45, 7) is 5.02. The van der Waals surface area contributed by atoms with Crippen LogP contribution in [0, 0.1) is 0 Å². The van der Waals surface area contributed by atoms with Crippen LogP contribution in [-0.4, -0.2) is 69.1 Å². The first-order chi connectivity index (χ1) is 15.2. The molecule has 0 radical (unpaired) electrons. The normalized spacial score (nSPS) is 23.6. The van der Waals surface area contributed by atoms with Gasteiger partial charge in [-0.25, -0.2) is 9.97 Å². The molecule has 10 nitrogen and oxygen atoms in total. The Hall–Kier alpha value is -2.88. The lowest BCUT2D eigenvalue weighted by Crippen LogP contribution is -2.43. The van der Waals surface area contributed by atoms with E-state index in [2.05, 4.69) is 26.7 Å². The van der Waals surface area contributed by atoms with E-state index in [1.54, 1.807) is 12.4 Å². The minimum absolute atomic E-state index is 0.230. The molecule has 5 rings (SSSR count). The second kappa shape index (κ2) is 8.70. The standard InChI is InChI=1S/C21H29N9O/c1-2-5-17-25-15-6-3-4-7-16(15)30(17)21-27-18(14-12-23-19(22)24-13-14)26-20(28-21)29-8-10-31-11-9-29/h12-13,15-16H,2-11H2,1H3,(H2,22,23,24). The molecule has 2 atom stereocenters. The first kappa shape index (κ1) is 20.0. The average Bonchev–Trinajstić information content (AvgIpc) is 3.18. The number of hydrogen-bond acceptors (Lipinski definition) is 10. The zero-order valence-electron chi connectivity index (χ0n) is 17.9. The molecule has 2 aromatic heterocycles. The minimum Gasteiger partial charge on any atom is -0.378 e. The number of fused-ring (bicyclic) bond motifs is 1. The molecule has 2 aliphatic heterocycles. The third kappa shape index (κ3) is 4.04. The molecule has 10 heteroatoms. The monoisotopic (exact) mass is 423 g/mol. The van der Waals surface area contributed by atoms with Gasteiger partial charge in [0.25, 0.3) is 0 Å². The summed E-state index contributed by atoms with van der Waals surface area (Å²) in [4.78, 5) is 32.3. The molecule has 2 unspecified atom stereocenters. The molecule has 1 saturated carbocycles. The Kier molecular flexibility index (Phi) is 5.63. The number of hydrogen-bond donors (Lipinski definition) is 1. The van der Waals surface area contributed by atoms with Crippen molar-refractivity contribution in [3.05, 3.63) is 12.4 Å². The zero-order valence-corrected chi connectivity index (χ0v) is 17.9.